The number of aromatic nitrogens is 1. The molecule has 1 aromatic heterocycles. The van der Waals surface area contributed by atoms with Crippen molar-refractivity contribution in [2.75, 3.05) is 6.54 Å². The maximum atomic E-state index is 6.26. The molecule has 2 N–H and O–H groups in total. The highest BCUT2D eigenvalue weighted by molar-refractivity contribution is 6.33. The van der Waals surface area contributed by atoms with Crippen LogP contribution in [0.2, 0.25) is 10.0 Å². The Morgan fingerprint density at radius 1 is 1.00 bits per heavy atom. The van der Waals surface area contributed by atoms with E-state index in [4.69, 9.17) is 28.9 Å². The van der Waals surface area contributed by atoms with E-state index >= 15 is 0 Å². The maximum Gasteiger partial charge on any atom is 0.0491 e. The van der Waals surface area contributed by atoms with E-state index in [-0.39, 0.29) is 0 Å². The lowest BCUT2D eigenvalue weighted by molar-refractivity contribution is 0.835. The van der Waals surface area contributed by atoms with Crippen LogP contribution in [-0.4, -0.2) is 11.1 Å². The van der Waals surface area contributed by atoms with Gasteiger partial charge in [0.25, 0.3) is 0 Å². The second-order valence-corrected chi connectivity index (χ2v) is 5.95. The predicted octanol–water partition coefficient (Wildman–Crippen LogP) is 4.50. The van der Waals surface area contributed by atoms with Crippen molar-refractivity contribution in [2.45, 2.75) is 13.0 Å². The number of halogens is 2. The fourth-order valence-electron chi connectivity index (χ4n) is 2.54. The van der Waals surface area contributed by atoms with Gasteiger partial charge in [-0.25, -0.2) is 0 Å². The van der Waals surface area contributed by atoms with E-state index in [1.54, 1.807) is 6.07 Å². The standard InChI is InChI=1S/C17H16Cl2N2/c18-15-3-4-16(19)14(10-15)11-21-8-6-13-2-1-12(5-7-20)9-17(13)21/h1-4,6,8-10H,5,7,11,20H2. The van der Waals surface area contributed by atoms with E-state index in [2.05, 4.69) is 35.0 Å². The minimum atomic E-state index is 0.659. The summed E-state index contributed by atoms with van der Waals surface area (Å²) in [7, 11) is 0. The lowest BCUT2D eigenvalue weighted by Gasteiger charge is -2.09. The van der Waals surface area contributed by atoms with Gasteiger partial charge in [-0.2, -0.15) is 0 Å². The van der Waals surface area contributed by atoms with Crippen LogP contribution in [0.5, 0.6) is 0 Å². The third-order valence-electron chi connectivity index (χ3n) is 3.62. The van der Waals surface area contributed by atoms with Crippen molar-refractivity contribution in [3.63, 3.8) is 0 Å². The van der Waals surface area contributed by atoms with Gasteiger partial charge in [0.15, 0.2) is 0 Å². The Morgan fingerprint density at radius 3 is 2.67 bits per heavy atom. The molecule has 0 unspecified atom stereocenters. The molecule has 2 nitrogen and oxygen atoms in total. The van der Waals surface area contributed by atoms with E-state index in [9.17, 15) is 0 Å². The molecule has 0 bridgehead atoms. The highest BCUT2D eigenvalue weighted by Gasteiger charge is 2.06. The van der Waals surface area contributed by atoms with Crippen LogP contribution in [0.3, 0.4) is 0 Å². The highest BCUT2D eigenvalue weighted by atomic mass is 35.5. The van der Waals surface area contributed by atoms with Gasteiger partial charge in [-0.1, -0.05) is 35.3 Å². The normalized spacial score (nSPS) is 11.2. The first-order valence-corrected chi connectivity index (χ1v) is 7.65. The van der Waals surface area contributed by atoms with Crippen molar-refractivity contribution in [1.29, 1.82) is 0 Å². The third-order valence-corrected chi connectivity index (χ3v) is 4.22. The molecule has 108 valence electrons. The molecule has 0 spiro atoms. The largest absolute Gasteiger partial charge is 0.343 e. The van der Waals surface area contributed by atoms with Crippen LogP contribution in [0.25, 0.3) is 10.9 Å². The second-order valence-electron chi connectivity index (χ2n) is 5.11. The Bertz CT molecular complexity index is 778. The van der Waals surface area contributed by atoms with Crippen molar-refractivity contribution in [3.8, 4) is 0 Å². The van der Waals surface area contributed by atoms with E-state index in [0.29, 0.717) is 18.1 Å². The molecular weight excluding hydrogens is 303 g/mol. The van der Waals surface area contributed by atoms with E-state index in [1.165, 1.54) is 16.5 Å². The minimum Gasteiger partial charge on any atom is -0.343 e. The van der Waals surface area contributed by atoms with Gasteiger partial charge in [0.2, 0.25) is 0 Å². The van der Waals surface area contributed by atoms with Crippen LogP contribution >= 0.6 is 23.2 Å². The molecule has 3 rings (SSSR count). The van der Waals surface area contributed by atoms with Gasteiger partial charge in [0, 0.05) is 28.3 Å². The number of nitrogens with two attached hydrogens (primary N) is 1. The average Bonchev–Trinajstić information content (AvgIpc) is 2.86. The summed E-state index contributed by atoms with van der Waals surface area (Å²) < 4.78 is 2.19. The van der Waals surface area contributed by atoms with Gasteiger partial charge < -0.3 is 10.3 Å². The Balaban J connectivity index is 2.00. The zero-order chi connectivity index (χ0) is 14.8. The number of hydrogen-bond acceptors (Lipinski definition) is 1. The highest BCUT2D eigenvalue weighted by Crippen LogP contribution is 2.24. The summed E-state index contributed by atoms with van der Waals surface area (Å²) in [6, 6.07) is 14.1. The molecular formula is C17H16Cl2N2. The first-order valence-electron chi connectivity index (χ1n) is 6.89. The molecule has 0 amide bonds. The molecule has 0 aliphatic heterocycles. The molecule has 0 radical (unpaired) electrons. The van der Waals surface area contributed by atoms with Crippen molar-refractivity contribution in [3.05, 3.63) is 69.8 Å². The maximum absolute atomic E-state index is 6.26. The predicted molar refractivity (Wildman–Crippen MR) is 90.3 cm³/mol. The molecule has 0 saturated carbocycles. The minimum absolute atomic E-state index is 0.659. The van der Waals surface area contributed by atoms with Gasteiger partial charge >= 0.3 is 0 Å². The molecule has 0 aliphatic rings. The number of rotatable bonds is 4. The van der Waals surface area contributed by atoms with Gasteiger partial charge in [-0.05, 0) is 59.8 Å². The van der Waals surface area contributed by atoms with Crippen molar-refractivity contribution < 1.29 is 0 Å². The monoisotopic (exact) mass is 318 g/mol. The van der Waals surface area contributed by atoms with Crippen LogP contribution in [0.4, 0.5) is 0 Å². The number of fused-ring (bicyclic) bond motifs is 1. The molecule has 1 heterocycles. The lowest BCUT2D eigenvalue weighted by Crippen LogP contribution is -2.03. The van der Waals surface area contributed by atoms with E-state index < -0.39 is 0 Å². The number of benzene rings is 2. The summed E-state index contributed by atoms with van der Waals surface area (Å²) >= 11 is 12.3. The van der Waals surface area contributed by atoms with Gasteiger partial charge in [-0.3, -0.25) is 0 Å². The molecule has 4 heteroatoms. The third kappa shape index (κ3) is 3.08. The first-order chi connectivity index (χ1) is 10.2. The van der Waals surface area contributed by atoms with Gasteiger partial charge in [-0.15, -0.1) is 0 Å². The van der Waals surface area contributed by atoms with Crippen molar-refractivity contribution >= 4 is 34.1 Å². The van der Waals surface area contributed by atoms with Gasteiger partial charge in [0.05, 0.1) is 0 Å². The average molecular weight is 319 g/mol. The smallest absolute Gasteiger partial charge is 0.0491 e. The van der Waals surface area contributed by atoms with Crippen LogP contribution in [-0.2, 0) is 13.0 Å². The Kier molecular flexibility index (Phi) is 4.20. The molecule has 3 aromatic rings. The summed E-state index contributed by atoms with van der Waals surface area (Å²) in [5.41, 5.74) is 9.10. The lowest BCUT2D eigenvalue weighted by atomic mass is 10.1. The molecule has 2 aromatic carbocycles. The van der Waals surface area contributed by atoms with Gasteiger partial charge in [0.1, 0.15) is 0 Å². The summed E-state index contributed by atoms with van der Waals surface area (Å²) in [4.78, 5) is 0. The zero-order valence-electron chi connectivity index (χ0n) is 11.5. The second kappa shape index (κ2) is 6.10. The molecule has 0 fully saturated rings. The Labute approximate surface area is 134 Å². The molecule has 0 saturated heterocycles. The summed E-state index contributed by atoms with van der Waals surface area (Å²) in [6.45, 7) is 1.36. The summed E-state index contributed by atoms with van der Waals surface area (Å²) in [5, 5.41) is 2.66. The van der Waals surface area contributed by atoms with Crippen LogP contribution in [0, 0.1) is 0 Å². The van der Waals surface area contributed by atoms with E-state index in [1.807, 2.05) is 12.1 Å². The van der Waals surface area contributed by atoms with Crippen molar-refractivity contribution in [1.82, 2.24) is 4.57 Å². The Morgan fingerprint density at radius 2 is 1.86 bits per heavy atom. The molecule has 21 heavy (non-hydrogen) atoms. The quantitative estimate of drug-likeness (QED) is 0.754. The summed E-state index contributed by atoms with van der Waals surface area (Å²) in [5.74, 6) is 0. The SMILES string of the molecule is NCCc1ccc2ccn(Cc3cc(Cl)ccc3Cl)c2c1. The number of hydrogen-bond donors (Lipinski definition) is 1. The summed E-state index contributed by atoms with van der Waals surface area (Å²) in [6.07, 6.45) is 2.97. The Hall–Kier alpha value is -1.48. The number of nitrogens with zero attached hydrogens (tertiary/aromatic N) is 1. The topological polar surface area (TPSA) is 30.9 Å². The fourth-order valence-corrected chi connectivity index (χ4v) is 2.91. The zero-order valence-corrected chi connectivity index (χ0v) is 13.0. The first kappa shape index (κ1) is 14.5. The van der Waals surface area contributed by atoms with Crippen LogP contribution < -0.4 is 5.73 Å². The van der Waals surface area contributed by atoms with Crippen molar-refractivity contribution in [2.24, 2.45) is 5.73 Å². The van der Waals surface area contributed by atoms with Crippen LogP contribution in [0.1, 0.15) is 11.1 Å². The van der Waals surface area contributed by atoms with E-state index in [0.717, 1.165) is 17.0 Å². The molecule has 0 aliphatic carbocycles. The fraction of sp³-hybridized carbons (Fsp3) is 0.176. The van der Waals surface area contributed by atoms with Crippen LogP contribution in [0.15, 0.2) is 48.7 Å². The molecule has 0 atom stereocenters.